The minimum atomic E-state index is -0.443. The maximum atomic E-state index is 10.6. The molecule has 6 nitrogen and oxygen atoms in total. The van der Waals surface area contributed by atoms with Crippen LogP contribution in [-0.4, -0.2) is 17.1 Å². The number of hydrogen-bond acceptors (Lipinski definition) is 4. The third kappa shape index (κ3) is 3.92. The molecule has 0 aliphatic heterocycles. The number of non-ortho nitro benzene ring substituents is 1. The number of anilines is 2. The van der Waals surface area contributed by atoms with E-state index in [9.17, 15) is 10.1 Å². The Morgan fingerprint density at radius 3 is 2.41 bits per heavy atom. The van der Waals surface area contributed by atoms with E-state index in [1.54, 1.807) is 19.2 Å². The van der Waals surface area contributed by atoms with Gasteiger partial charge < -0.3 is 15.4 Å². The predicted octanol–water partition coefficient (Wildman–Crippen LogP) is 3.72. The van der Waals surface area contributed by atoms with Gasteiger partial charge in [-0.1, -0.05) is 0 Å². The summed E-state index contributed by atoms with van der Waals surface area (Å²) in [5.74, 6) is 0.775. The number of benzene rings is 2. The predicted molar refractivity (Wildman–Crippen MR) is 90.7 cm³/mol. The zero-order valence-corrected chi connectivity index (χ0v) is 12.9. The van der Waals surface area contributed by atoms with Crippen molar-refractivity contribution >= 4 is 34.4 Å². The number of aryl methyl sites for hydroxylation is 1. The summed E-state index contributed by atoms with van der Waals surface area (Å²) < 4.78 is 5.15. The summed E-state index contributed by atoms with van der Waals surface area (Å²) in [7, 11) is 1.61. The van der Waals surface area contributed by atoms with Crippen molar-refractivity contribution in [2.24, 2.45) is 0 Å². The van der Waals surface area contributed by atoms with Gasteiger partial charge in [-0.15, -0.1) is 0 Å². The highest BCUT2D eigenvalue weighted by Gasteiger charge is 2.06. The fraction of sp³-hybridized carbons (Fsp3) is 0.133. The van der Waals surface area contributed by atoms with Gasteiger partial charge in [-0.3, -0.25) is 10.1 Å². The molecule has 22 heavy (non-hydrogen) atoms. The monoisotopic (exact) mass is 317 g/mol. The van der Waals surface area contributed by atoms with Crippen molar-refractivity contribution in [3.05, 3.63) is 58.1 Å². The largest absolute Gasteiger partial charge is 0.497 e. The Hall–Kier alpha value is -2.67. The highest BCUT2D eigenvalue weighted by molar-refractivity contribution is 7.80. The smallest absolute Gasteiger partial charge is 0.269 e. The average Bonchev–Trinajstić information content (AvgIpc) is 2.49. The normalized spacial score (nSPS) is 9.91. The summed E-state index contributed by atoms with van der Waals surface area (Å²) in [4.78, 5) is 10.2. The molecule has 2 N–H and O–H groups in total. The van der Waals surface area contributed by atoms with Gasteiger partial charge in [-0.25, -0.2) is 0 Å². The Balaban J connectivity index is 2.02. The molecule has 0 aliphatic rings. The lowest BCUT2D eigenvalue weighted by Crippen LogP contribution is -2.19. The molecule has 7 heteroatoms. The van der Waals surface area contributed by atoms with Crippen molar-refractivity contribution in [1.29, 1.82) is 0 Å². The lowest BCUT2D eigenvalue weighted by Gasteiger charge is -2.13. The summed E-state index contributed by atoms with van der Waals surface area (Å²) in [6.45, 7) is 1.94. The van der Waals surface area contributed by atoms with Crippen LogP contribution in [0.1, 0.15) is 5.56 Å². The van der Waals surface area contributed by atoms with Crippen molar-refractivity contribution in [2.45, 2.75) is 6.92 Å². The molecule has 0 unspecified atom stereocenters. The van der Waals surface area contributed by atoms with Crippen LogP contribution in [-0.2, 0) is 0 Å². The van der Waals surface area contributed by atoms with E-state index in [0.717, 1.165) is 17.0 Å². The van der Waals surface area contributed by atoms with Gasteiger partial charge >= 0.3 is 0 Å². The molecule has 0 saturated carbocycles. The molecule has 0 spiro atoms. The van der Waals surface area contributed by atoms with Crippen LogP contribution in [0, 0.1) is 17.0 Å². The van der Waals surface area contributed by atoms with E-state index in [1.165, 1.54) is 12.1 Å². The maximum absolute atomic E-state index is 10.6. The molecule has 0 amide bonds. The van der Waals surface area contributed by atoms with E-state index < -0.39 is 4.92 Å². The van der Waals surface area contributed by atoms with E-state index in [4.69, 9.17) is 17.0 Å². The van der Waals surface area contributed by atoms with Gasteiger partial charge in [0, 0.05) is 23.5 Å². The fourth-order valence-corrected chi connectivity index (χ4v) is 2.08. The second-order valence-electron chi connectivity index (χ2n) is 4.56. The topological polar surface area (TPSA) is 76.4 Å². The molecule has 0 bridgehead atoms. The number of hydrogen-bond donors (Lipinski definition) is 2. The zero-order valence-electron chi connectivity index (χ0n) is 12.1. The van der Waals surface area contributed by atoms with Crippen molar-refractivity contribution in [3.8, 4) is 5.75 Å². The summed E-state index contributed by atoms with van der Waals surface area (Å²) >= 11 is 5.24. The van der Waals surface area contributed by atoms with E-state index in [0.29, 0.717) is 10.8 Å². The van der Waals surface area contributed by atoms with E-state index in [-0.39, 0.29) is 5.69 Å². The Morgan fingerprint density at radius 1 is 1.18 bits per heavy atom. The molecule has 0 heterocycles. The Kier molecular flexibility index (Phi) is 4.90. The quantitative estimate of drug-likeness (QED) is 0.508. The molecule has 0 atom stereocenters. The summed E-state index contributed by atoms with van der Waals surface area (Å²) in [5.41, 5.74) is 2.57. The van der Waals surface area contributed by atoms with Crippen LogP contribution < -0.4 is 15.4 Å². The highest BCUT2D eigenvalue weighted by Crippen LogP contribution is 2.21. The third-order valence-electron chi connectivity index (χ3n) is 3.02. The van der Waals surface area contributed by atoms with Crippen LogP contribution in [0.15, 0.2) is 42.5 Å². The minimum absolute atomic E-state index is 0.0374. The molecule has 2 rings (SSSR count). The minimum Gasteiger partial charge on any atom is -0.497 e. The first-order valence-corrected chi connectivity index (χ1v) is 6.87. The number of rotatable bonds is 4. The number of nitrogens with zero attached hydrogens (tertiary/aromatic N) is 1. The standard InChI is InChI=1S/C15H15N3O3S/c1-10-9-13(21-2)7-8-14(10)17-15(22)16-11-3-5-12(6-4-11)18(19)20/h3-9H,1-2H3,(H2,16,17,22). The van der Waals surface area contributed by atoms with Crippen LogP contribution in [0.4, 0.5) is 17.1 Å². The second-order valence-corrected chi connectivity index (χ2v) is 4.97. The van der Waals surface area contributed by atoms with Crippen LogP contribution >= 0.6 is 12.2 Å². The van der Waals surface area contributed by atoms with Crippen molar-refractivity contribution in [1.82, 2.24) is 0 Å². The zero-order chi connectivity index (χ0) is 16.1. The molecular formula is C15H15N3O3S. The second kappa shape index (κ2) is 6.86. The van der Waals surface area contributed by atoms with Gasteiger partial charge in [0.1, 0.15) is 5.75 Å². The number of nitrogens with one attached hydrogen (secondary N) is 2. The van der Waals surface area contributed by atoms with Crippen molar-refractivity contribution in [2.75, 3.05) is 17.7 Å². The number of ether oxygens (including phenoxy) is 1. The highest BCUT2D eigenvalue weighted by atomic mass is 32.1. The number of methoxy groups -OCH3 is 1. The van der Waals surface area contributed by atoms with Gasteiger partial charge in [-0.2, -0.15) is 0 Å². The van der Waals surface area contributed by atoms with Gasteiger partial charge in [0.2, 0.25) is 0 Å². The lowest BCUT2D eigenvalue weighted by atomic mass is 10.2. The Labute approximate surface area is 133 Å². The van der Waals surface area contributed by atoms with Crippen LogP contribution in [0.2, 0.25) is 0 Å². The summed E-state index contributed by atoms with van der Waals surface area (Å²) in [5, 5.41) is 17.1. The van der Waals surface area contributed by atoms with E-state index >= 15 is 0 Å². The number of nitro groups is 1. The molecule has 0 aliphatic carbocycles. The van der Waals surface area contributed by atoms with Crippen LogP contribution in [0.5, 0.6) is 5.75 Å². The maximum Gasteiger partial charge on any atom is 0.269 e. The lowest BCUT2D eigenvalue weighted by molar-refractivity contribution is -0.384. The van der Waals surface area contributed by atoms with Gasteiger partial charge in [0.15, 0.2) is 5.11 Å². The molecule has 0 fully saturated rings. The Morgan fingerprint density at radius 2 is 1.86 bits per heavy atom. The Bertz CT molecular complexity index is 702. The first kappa shape index (κ1) is 15.7. The molecule has 2 aromatic carbocycles. The third-order valence-corrected chi connectivity index (χ3v) is 3.22. The van der Waals surface area contributed by atoms with E-state index in [2.05, 4.69) is 10.6 Å². The fourth-order valence-electron chi connectivity index (χ4n) is 1.85. The van der Waals surface area contributed by atoms with Crippen molar-refractivity contribution in [3.63, 3.8) is 0 Å². The SMILES string of the molecule is COc1ccc(NC(=S)Nc2ccc([N+](=O)[O-])cc2)c(C)c1. The molecule has 2 aromatic rings. The van der Waals surface area contributed by atoms with Gasteiger partial charge in [0.25, 0.3) is 5.69 Å². The van der Waals surface area contributed by atoms with E-state index in [1.807, 2.05) is 25.1 Å². The molecule has 0 radical (unpaired) electrons. The van der Waals surface area contributed by atoms with Crippen molar-refractivity contribution < 1.29 is 9.66 Å². The number of thiocarbonyl (C=S) groups is 1. The van der Waals surface area contributed by atoms with Gasteiger partial charge in [0.05, 0.1) is 12.0 Å². The average molecular weight is 317 g/mol. The first-order valence-electron chi connectivity index (χ1n) is 6.46. The molecule has 114 valence electrons. The first-order chi connectivity index (χ1) is 10.5. The summed E-state index contributed by atoms with van der Waals surface area (Å²) in [6.07, 6.45) is 0. The summed E-state index contributed by atoms with van der Waals surface area (Å²) in [6, 6.07) is 11.7. The number of nitro benzene ring substituents is 1. The molecule has 0 saturated heterocycles. The van der Waals surface area contributed by atoms with Crippen LogP contribution in [0.25, 0.3) is 0 Å². The molecule has 0 aromatic heterocycles. The van der Waals surface area contributed by atoms with Crippen LogP contribution in [0.3, 0.4) is 0 Å². The van der Waals surface area contributed by atoms with Gasteiger partial charge in [-0.05, 0) is 55.0 Å². The molecular weight excluding hydrogens is 302 g/mol.